The van der Waals surface area contributed by atoms with E-state index >= 15 is 0 Å². The number of nitrogens with two attached hydrogens (primary N) is 1. The Balaban J connectivity index is 1.64. The maximum Gasteiger partial charge on any atom is 0.340 e. The van der Waals surface area contributed by atoms with E-state index in [1.165, 1.54) is 0 Å². The Labute approximate surface area is 157 Å². The third kappa shape index (κ3) is 3.27. The number of oxime groups is 1. The van der Waals surface area contributed by atoms with Gasteiger partial charge < -0.3 is 15.3 Å². The number of hydrazone groups is 1. The van der Waals surface area contributed by atoms with E-state index in [4.69, 9.17) is 15.3 Å². The molecule has 4 rings (SSSR count). The van der Waals surface area contributed by atoms with Gasteiger partial charge in [0.15, 0.2) is 11.7 Å². The third-order valence-corrected chi connectivity index (χ3v) is 5.19. The molecule has 2 saturated heterocycles. The molecule has 1 aromatic rings. The van der Waals surface area contributed by atoms with Crippen LogP contribution in [0, 0.1) is 11.3 Å². The van der Waals surface area contributed by atoms with Crippen molar-refractivity contribution in [3.63, 3.8) is 0 Å². The van der Waals surface area contributed by atoms with Crippen molar-refractivity contribution in [1.82, 2.24) is 9.97 Å². The first-order valence-corrected chi connectivity index (χ1v) is 9.19. The van der Waals surface area contributed by atoms with Gasteiger partial charge in [-0.15, -0.1) is 0 Å². The summed E-state index contributed by atoms with van der Waals surface area (Å²) in [5.74, 6) is 0.361. The Bertz CT molecular complexity index is 788. The Kier molecular flexibility index (Phi) is 4.33. The summed E-state index contributed by atoms with van der Waals surface area (Å²) in [5.41, 5.74) is 6.13. The van der Waals surface area contributed by atoms with E-state index in [9.17, 15) is 4.79 Å². The standard InChI is InChI=1S/C18H24N6O3/c1-18(2,3)17(25)27-23-16(19)14-11-8-10-4-5-12(26-10)15(11)24(22-14)13-9-20-6-7-21-13/h6-7,9-12,15H,4-5,8H2,1-3H3,(H2,19,23). The third-order valence-electron chi connectivity index (χ3n) is 5.19. The molecule has 2 bridgehead atoms. The van der Waals surface area contributed by atoms with Crippen molar-refractivity contribution in [1.29, 1.82) is 0 Å². The molecule has 144 valence electrons. The van der Waals surface area contributed by atoms with Crippen LogP contribution in [-0.2, 0) is 14.4 Å². The van der Waals surface area contributed by atoms with Crippen molar-refractivity contribution < 1.29 is 14.4 Å². The minimum absolute atomic E-state index is 0.0116. The second-order valence-electron chi connectivity index (χ2n) is 8.21. The lowest BCUT2D eigenvalue weighted by molar-refractivity contribution is -0.152. The monoisotopic (exact) mass is 372 g/mol. The van der Waals surface area contributed by atoms with Crippen LogP contribution >= 0.6 is 0 Å². The van der Waals surface area contributed by atoms with Gasteiger partial charge in [0, 0.05) is 18.3 Å². The molecule has 2 fully saturated rings. The van der Waals surface area contributed by atoms with Crippen LogP contribution in [0.25, 0.3) is 0 Å². The molecule has 0 radical (unpaired) electrons. The summed E-state index contributed by atoms with van der Waals surface area (Å²) < 4.78 is 6.10. The Morgan fingerprint density at radius 3 is 2.89 bits per heavy atom. The highest BCUT2D eigenvalue weighted by molar-refractivity contribution is 6.42. The molecule has 2 N–H and O–H groups in total. The predicted octanol–water partition coefficient (Wildman–Crippen LogP) is 1.45. The molecule has 1 aromatic heterocycles. The van der Waals surface area contributed by atoms with Gasteiger partial charge in [-0.1, -0.05) is 5.16 Å². The van der Waals surface area contributed by atoms with Crippen LogP contribution < -0.4 is 10.7 Å². The lowest BCUT2D eigenvalue weighted by Gasteiger charge is -2.35. The summed E-state index contributed by atoms with van der Waals surface area (Å²) in [7, 11) is 0. The Hall–Kier alpha value is -2.55. The maximum absolute atomic E-state index is 12.0. The zero-order valence-electron chi connectivity index (χ0n) is 15.7. The number of amidine groups is 1. The fourth-order valence-electron chi connectivity index (χ4n) is 3.83. The highest BCUT2D eigenvalue weighted by Gasteiger charge is 2.52. The van der Waals surface area contributed by atoms with Gasteiger partial charge in [-0.05, 0) is 40.0 Å². The van der Waals surface area contributed by atoms with Crippen molar-refractivity contribution in [2.75, 3.05) is 5.01 Å². The largest absolute Gasteiger partial charge is 0.379 e. The summed E-state index contributed by atoms with van der Waals surface area (Å²) in [6, 6.07) is -0.0116. The molecular formula is C18H24N6O3. The van der Waals surface area contributed by atoms with E-state index in [-0.39, 0.29) is 30.0 Å². The molecule has 4 heterocycles. The first kappa shape index (κ1) is 17.8. The molecule has 4 unspecified atom stereocenters. The topological polar surface area (TPSA) is 115 Å². The first-order chi connectivity index (χ1) is 12.8. The number of carbonyl (C=O) groups is 1. The van der Waals surface area contributed by atoms with E-state index in [0.29, 0.717) is 11.5 Å². The smallest absolute Gasteiger partial charge is 0.340 e. The van der Waals surface area contributed by atoms with E-state index in [1.807, 2.05) is 5.01 Å². The number of carbonyl (C=O) groups excluding carboxylic acids is 1. The minimum Gasteiger partial charge on any atom is -0.379 e. The highest BCUT2D eigenvalue weighted by Crippen LogP contribution is 2.43. The molecule has 0 aliphatic carbocycles. The van der Waals surface area contributed by atoms with Crippen LogP contribution in [-0.4, -0.2) is 45.7 Å². The molecule has 0 amide bonds. The molecular weight excluding hydrogens is 348 g/mol. The van der Waals surface area contributed by atoms with E-state index in [0.717, 1.165) is 19.3 Å². The molecule has 9 nitrogen and oxygen atoms in total. The van der Waals surface area contributed by atoms with Crippen LogP contribution in [0.2, 0.25) is 0 Å². The van der Waals surface area contributed by atoms with Crippen molar-refractivity contribution >= 4 is 23.3 Å². The number of anilines is 1. The quantitative estimate of drug-likeness (QED) is 0.369. The van der Waals surface area contributed by atoms with Gasteiger partial charge >= 0.3 is 5.97 Å². The number of hydrogen-bond donors (Lipinski definition) is 1. The second-order valence-corrected chi connectivity index (χ2v) is 8.21. The molecule has 9 heteroatoms. The fraction of sp³-hybridized carbons (Fsp3) is 0.611. The maximum atomic E-state index is 12.0. The fourth-order valence-corrected chi connectivity index (χ4v) is 3.83. The van der Waals surface area contributed by atoms with Gasteiger partial charge in [-0.2, -0.15) is 5.10 Å². The zero-order valence-corrected chi connectivity index (χ0v) is 15.7. The molecule has 3 aliphatic rings. The van der Waals surface area contributed by atoms with Gasteiger partial charge in [0.2, 0.25) is 0 Å². The van der Waals surface area contributed by atoms with Crippen LogP contribution in [0.1, 0.15) is 40.0 Å². The van der Waals surface area contributed by atoms with Gasteiger partial charge in [0.25, 0.3) is 0 Å². The van der Waals surface area contributed by atoms with Gasteiger partial charge in [-0.25, -0.2) is 14.8 Å². The van der Waals surface area contributed by atoms with Crippen molar-refractivity contribution in [2.24, 2.45) is 27.3 Å². The SMILES string of the molecule is CC(C)(C)C(=O)ON=C(N)C1=NN(c2cnccn2)C2C3CCC(CC12)O3. The summed E-state index contributed by atoms with van der Waals surface area (Å²) in [4.78, 5) is 25.5. The van der Waals surface area contributed by atoms with Crippen LogP contribution in [0.5, 0.6) is 0 Å². The number of hydrogen-bond acceptors (Lipinski definition) is 8. The molecule has 0 spiro atoms. The molecule has 3 aliphatic heterocycles. The molecule has 0 aromatic carbocycles. The minimum atomic E-state index is -0.659. The number of rotatable bonds is 3. The lowest BCUT2D eigenvalue weighted by Crippen LogP contribution is -2.49. The average molecular weight is 372 g/mol. The predicted molar refractivity (Wildman–Crippen MR) is 98.9 cm³/mol. The first-order valence-electron chi connectivity index (χ1n) is 9.19. The summed E-state index contributed by atoms with van der Waals surface area (Å²) in [6.07, 6.45) is 7.97. The van der Waals surface area contributed by atoms with E-state index in [1.54, 1.807) is 39.4 Å². The summed E-state index contributed by atoms with van der Waals surface area (Å²) >= 11 is 0. The van der Waals surface area contributed by atoms with Crippen molar-refractivity contribution in [3.8, 4) is 0 Å². The van der Waals surface area contributed by atoms with Crippen molar-refractivity contribution in [3.05, 3.63) is 18.6 Å². The lowest BCUT2D eigenvalue weighted by atomic mass is 9.86. The van der Waals surface area contributed by atoms with Crippen LogP contribution in [0.3, 0.4) is 0 Å². The van der Waals surface area contributed by atoms with Gasteiger partial charge in [-0.3, -0.25) is 4.98 Å². The van der Waals surface area contributed by atoms with Gasteiger partial charge in [0.05, 0.1) is 29.9 Å². The molecule has 4 atom stereocenters. The highest BCUT2D eigenvalue weighted by atomic mass is 16.7. The van der Waals surface area contributed by atoms with Crippen LogP contribution in [0.15, 0.2) is 28.8 Å². The number of nitrogens with zero attached hydrogens (tertiary/aromatic N) is 5. The summed E-state index contributed by atoms with van der Waals surface area (Å²) in [5, 5.41) is 10.4. The normalized spacial score (nSPS) is 30.1. The van der Waals surface area contributed by atoms with E-state index in [2.05, 4.69) is 20.2 Å². The zero-order chi connectivity index (χ0) is 19.2. The number of ether oxygens (including phenoxy) is 1. The number of aromatic nitrogens is 2. The van der Waals surface area contributed by atoms with Gasteiger partial charge in [0.1, 0.15) is 5.71 Å². The Morgan fingerprint density at radius 1 is 1.37 bits per heavy atom. The van der Waals surface area contributed by atoms with E-state index < -0.39 is 11.4 Å². The second kappa shape index (κ2) is 6.56. The average Bonchev–Trinajstić information content (AvgIpc) is 3.21. The van der Waals surface area contributed by atoms with Crippen LogP contribution in [0.4, 0.5) is 5.82 Å². The number of fused-ring (bicyclic) bond motifs is 4. The Morgan fingerprint density at radius 2 is 2.19 bits per heavy atom. The molecule has 27 heavy (non-hydrogen) atoms. The molecule has 0 saturated carbocycles. The van der Waals surface area contributed by atoms with Crippen molar-refractivity contribution in [2.45, 2.75) is 58.3 Å². The summed E-state index contributed by atoms with van der Waals surface area (Å²) in [6.45, 7) is 5.28.